The molecule has 0 aliphatic carbocycles. The molecule has 0 fully saturated rings. The van der Waals surface area contributed by atoms with Gasteiger partial charge < -0.3 is 4.90 Å². The van der Waals surface area contributed by atoms with E-state index >= 15 is 0 Å². The summed E-state index contributed by atoms with van der Waals surface area (Å²) in [5.74, 6) is 0.945. The lowest BCUT2D eigenvalue weighted by atomic mass is 9.84. The summed E-state index contributed by atoms with van der Waals surface area (Å²) >= 11 is 0. The fourth-order valence-electron chi connectivity index (χ4n) is 8.51. The third-order valence-electron chi connectivity index (χ3n) is 10.7. The van der Waals surface area contributed by atoms with Crippen molar-refractivity contribution in [2.45, 2.75) is 0 Å². The first kappa shape index (κ1) is 28.8. The van der Waals surface area contributed by atoms with Crippen LogP contribution in [-0.4, -0.2) is 9.55 Å². The molecule has 2 heterocycles. The third kappa shape index (κ3) is 4.17. The molecule has 11 rings (SSSR count). The van der Waals surface area contributed by atoms with Crippen molar-refractivity contribution in [2.24, 2.45) is 0 Å². The number of fused-ring (bicyclic) bond motifs is 5. The Morgan fingerprint density at radius 3 is 1.71 bits per heavy atom. The number of aromatic nitrogens is 2. The maximum atomic E-state index is 5.24. The summed E-state index contributed by atoms with van der Waals surface area (Å²) in [5.41, 5.74) is 12.6. The molecule has 0 radical (unpaired) electrons. The van der Waals surface area contributed by atoms with Crippen LogP contribution in [-0.2, 0) is 0 Å². The van der Waals surface area contributed by atoms with E-state index in [0.29, 0.717) is 0 Å². The average Bonchev–Trinajstić information content (AvgIpc) is 3.61. The quantitative estimate of drug-likeness (QED) is 0.175. The second-order valence-corrected chi connectivity index (χ2v) is 13.5. The highest BCUT2D eigenvalue weighted by Gasteiger charge is 2.30. The van der Waals surface area contributed by atoms with E-state index in [2.05, 4.69) is 198 Å². The summed E-state index contributed by atoms with van der Waals surface area (Å²) in [7, 11) is 0. The van der Waals surface area contributed by atoms with Gasteiger partial charge in [-0.15, -0.1) is 0 Å². The normalized spacial score (nSPS) is 12.2. The molecular formula is C49H31N3. The molecule has 1 aliphatic rings. The average molecular weight is 662 g/mol. The molecule has 9 aromatic carbocycles. The number of hydrogen-bond donors (Lipinski definition) is 0. The number of rotatable bonds is 4. The van der Waals surface area contributed by atoms with Gasteiger partial charge in [-0.05, 0) is 91.0 Å². The monoisotopic (exact) mass is 661 g/mol. The van der Waals surface area contributed by atoms with Gasteiger partial charge in [0.15, 0.2) is 0 Å². The molecule has 0 unspecified atom stereocenters. The highest BCUT2D eigenvalue weighted by atomic mass is 15.2. The van der Waals surface area contributed by atoms with Crippen molar-refractivity contribution >= 4 is 60.4 Å². The van der Waals surface area contributed by atoms with Crippen LogP contribution in [0.15, 0.2) is 188 Å². The van der Waals surface area contributed by atoms with Gasteiger partial charge in [0, 0.05) is 11.3 Å². The van der Waals surface area contributed by atoms with Crippen LogP contribution in [0.5, 0.6) is 0 Å². The zero-order valence-corrected chi connectivity index (χ0v) is 28.2. The van der Waals surface area contributed by atoms with Gasteiger partial charge >= 0.3 is 0 Å². The minimum absolute atomic E-state index is 0.945. The Balaban J connectivity index is 1.23. The van der Waals surface area contributed by atoms with Crippen LogP contribution in [0.3, 0.4) is 0 Å². The highest BCUT2D eigenvalue weighted by Crippen LogP contribution is 2.51. The minimum atomic E-state index is 0.945. The second-order valence-electron chi connectivity index (χ2n) is 13.5. The van der Waals surface area contributed by atoms with E-state index in [9.17, 15) is 0 Å². The summed E-state index contributed by atoms with van der Waals surface area (Å²) in [6, 6.07) is 68.0. The Kier molecular flexibility index (Phi) is 6.25. The van der Waals surface area contributed by atoms with Crippen molar-refractivity contribution in [1.82, 2.24) is 9.55 Å². The van der Waals surface area contributed by atoms with Gasteiger partial charge in [0.25, 0.3) is 0 Å². The first-order valence-corrected chi connectivity index (χ1v) is 17.8. The zero-order valence-electron chi connectivity index (χ0n) is 28.2. The molecule has 0 saturated carbocycles. The van der Waals surface area contributed by atoms with Gasteiger partial charge in [-0.1, -0.05) is 152 Å². The molecule has 3 nitrogen and oxygen atoms in total. The van der Waals surface area contributed by atoms with Crippen LogP contribution in [0.4, 0.5) is 17.1 Å². The van der Waals surface area contributed by atoms with Gasteiger partial charge in [0.2, 0.25) is 0 Å². The summed E-state index contributed by atoms with van der Waals surface area (Å²) in [6.45, 7) is 0. The fourth-order valence-corrected chi connectivity index (χ4v) is 8.51. The topological polar surface area (TPSA) is 21.1 Å². The van der Waals surface area contributed by atoms with Crippen molar-refractivity contribution in [2.75, 3.05) is 4.90 Å². The number of hydrogen-bond acceptors (Lipinski definition) is 2. The van der Waals surface area contributed by atoms with E-state index in [0.717, 1.165) is 45.2 Å². The molecule has 1 aliphatic heterocycles. The maximum Gasteiger partial charge on any atom is 0.145 e. The van der Waals surface area contributed by atoms with Crippen molar-refractivity contribution in [3.63, 3.8) is 0 Å². The van der Waals surface area contributed by atoms with Crippen LogP contribution >= 0.6 is 0 Å². The van der Waals surface area contributed by atoms with Crippen LogP contribution in [0.25, 0.3) is 82.7 Å². The van der Waals surface area contributed by atoms with Crippen molar-refractivity contribution in [1.29, 1.82) is 0 Å². The van der Waals surface area contributed by atoms with Crippen LogP contribution < -0.4 is 4.90 Å². The predicted molar refractivity (Wildman–Crippen MR) is 218 cm³/mol. The molecule has 0 amide bonds. The molecule has 1 aromatic heterocycles. The SMILES string of the molecule is c1ccc(-c2nc3cccc4c3n2-c2ccc(-c3c5ccccc5c(-c5cccc6ccccc56)c5ccccc35)cc2N4c2ccccc2)cc1. The van der Waals surface area contributed by atoms with E-state index < -0.39 is 0 Å². The molecular weight excluding hydrogens is 631 g/mol. The predicted octanol–water partition coefficient (Wildman–Crippen LogP) is 13.3. The van der Waals surface area contributed by atoms with Crippen LogP contribution in [0, 0.1) is 0 Å². The summed E-state index contributed by atoms with van der Waals surface area (Å²) in [6.07, 6.45) is 0. The lowest BCUT2D eigenvalue weighted by Gasteiger charge is -2.33. The summed E-state index contributed by atoms with van der Waals surface area (Å²) < 4.78 is 2.36. The molecule has 10 aromatic rings. The number of para-hydroxylation sites is 2. The van der Waals surface area contributed by atoms with Gasteiger partial charge in [0.05, 0.1) is 28.1 Å². The second kappa shape index (κ2) is 11.3. The Bertz CT molecular complexity index is 2950. The number of imidazole rings is 1. The Morgan fingerprint density at radius 1 is 0.385 bits per heavy atom. The largest absolute Gasteiger partial charge is 0.306 e. The third-order valence-corrected chi connectivity index (χ3v) is 10.7. The van der Waals surface area contributed by atoms with E-state index in [1.54, 1.807) is 0 Å². The first-order chi connectivity index (χ1) is 25.8. The van der Waals surface area contributed by atoms with E-state index in [1.165, 1.54) is 54.6 Å². The highest BCUT2D eigenvalue weighted by molar-refractivity contribution is 6.23. The van der Waals surface area contributed by atoms with Crippen LogP contribution in [0.1, 0.15) is 0 Å². The molecule has 0 spiro atoms. The maximum absolute atomic E-state index is 5.24. The van der Waals surface area contributed by atoms with E-state index in [1.807, 2.05) is 0 Å². The fraction of sp³-hybridized carbons (Fsp3) is 0. The summed E-state index contributed by atoms with van der Waals surface area (Å²) in [5, 5.41) is 7.48. The first-order valence-electron chi connectivity index (χ1n) is 17.8. The van der Waals surface area contributed by atoms with Gasteiger partial charge in [0.1, 0.15) is 5.82 Å². The molecule has 3 heteroatoms. The number of nitrogens with zero attached hydrogens (tertiary/aromatic N) is 3. The lowest BCUT2D eigenvalue weighted by molar-refractivity contribution is 1.06. The zero-order chi connectivity index (χ0) is 34.2. The Hall–Kier alpha value is -6.97. The Morgan fingerprint density at radius 2 is 0.981 bits per heavy atom. The summed E-state index contributed by atoms with van der Waals surface area (Å²) in [4.78, 5) is 7.65. The number of anilines is 3. The minimum Gasteiger partial charge on any atom is -0.306 e. The molecule has 0 saturated heterocycles. The van der Waals surface area contributed by atoms with Crippen molar-refractivity contribution in [3.8, 4) is 39.3 Å². The van der Waals surface area contributed by atoms with E-state index in [-0.39, 0.29) is 0 Å². The van der Waals surface area contributed by atoms with Gasteiger partial charge in [-0.25, -0.2) is 4.98 Å². The molecule has 0 atom stereocenters. The molecule has 0 bridgehead atoms. The van der Waals surface area contributed by atoms with Gasteiger partial charge in [-0.2, -0.15) is 0 Å². The molecule has 0 N–H and O–H groups in total. The van der Waals surface area contributed by atoms with Crippen molar-refractivity contribution < 1.29 is 0 Å². The smallest absolute Gasteiger partial charge is 0.145 e. The standard InChI is InChI=1S/C49H31N3/c1-3-16-33(17-4-1)49-50-42-27-14-28-44-48(42)52(49)43-30-29-34(31-45(43)51(44)35-19-5-2-6-20-35)46-38-22-9-11-24-40(38)47(41-25-12-10-23-39(41)46)37-26-13-18-32-15-7-8-21-36(32)37/h1-31H. The van der Waals surface area contributed by atoms with E-state index in [4.69, 9.17) is 4.98 Å². The molecule has 242 valence electrons. The Labute approximate surface area is 301 Å². The number of benzene rings is 9. The molecule has 52 heavy (non-hydrogen) atoms. The lowest BCUT2D eigenvalue weighted by Crippen LogP contribution is -2.18. The van der Waals surface area contributed by atoms with Gasteiger partial charge in [-0.3, -0.25) is 4.57 Å². The van der Waals surface area contributed by atoms with Crippen LogP contribution in [0.2, 0.25) is 0 Å². The van der Waals surface area contributed by atoms with Crippen molar-refractivity contribution in [3.05, 3.63) is 188 Å².